The summed E-state index contributed by atoms with van der Waals surface area (Å²) >= 11 is 5.79. The quantitative estimate of drug-likeness (QED) is 0.755. The third kappa shape index (κ3) is 3.56. The fourth-order valence-corrected chi connectivity index (χ4v) is 2.16. The van der Waals surface area contributed by atoms with Crippen LogP contribution in [0, 0.1) is 0 Å². The molecule has 112 valence electrons. The fraction of sp³-hybridized carbons (Fsp3) is 0.125. The highest BCUT2D eigenvalue weighted by Gasteiger charge is 2.04. The summed E-state index contributed by atoms with van der Waals surface area (Å²) in [5.74, 6) is 0.587. The maximum atomic E-state index is 11.9. The smallest absolute Gasteiger partial charge is 0.227 e. The number of fused-ring (bicyclic) bond motifs is 1. The van der Waals surface area contributed by atoms with Crippen LogP contribution in [0.25, 0.3) is 10.9 Å². The predicted octanol–water partition coefficient (Wildman–Crippen LogP) is 3.62. The molecule has 1 heterocycles. The maximum absolute atomic E-state index is 11.9. The number of aromatic nitrogens is 2. The lowest BCUT2D eigenvalue weighted by Gasteiger charge is -2.07. The van der Waals surface area contributed by atoms with Crippen LogP contribution in [0.15, 0.2) is 48.7 Å². The number of benzene rings is 2. The Hall–Kier alpha value is -2.53. The molecule has 1 aromatic heterocycles. The van der Waals surface area contributed by atoms with E-state index in [0.29, 0.717) is 17.4 Å². The summed E-state index contributed by atoms with van der Waals surface area (Å²) in [6.07, 6.45) is 2.00. The molecular formula is C16H14ClN3O2. The minimum Gasteiger partial charge on any atom is -0.493 e. The van der Waals surface area contributed by atoms with E-state index in [1.807, 2.05) is 18.2 Å². The molecule has 5 nitrogen and oxygen atoms in total. The van der Waals surface area contributed by atoms with Crippen LogP contribution in [-0.4, -0.2) is 22.7 Å². The third-order valence-electron chi connectivity index (χ3n) is 3.14. The molecule has 2 aromatic carbocycles. The lowest BCUT2D eigenvalue weighted by atomic mass is 10.2. The molecule has 1 amide bonds. The van der Waals surface area contributed by atoms with E-state index in [1.165, 1.54) is 0 Å². The van der Waals surface area contributed by atoms with E-state index in [9.17, 15) is 4.79 Å². The fourth-order valence-electron chi connectivity index (χ4n) is 2.03. The van der Waals surface area contributed by atoms with Gasteiger partial charge in [-0.1, -0.05) is 11.6 Å². The van der Waals surface area contributed by atoms with Crippen LogP contribution in [0.4, 0.5) is 5.69 Å². The van der Waals surface area contributed by atoms with Crippen molar-refractivity contribution in [3.05, 3.63) is 53.7 Å². The van der Waals surface area contributed by atoms with Gasteiger partial charge < -0.3 is 10.1 Å². The molecule has 0 aliphatic heterocycles. The monoisotopic (exact) mass is 315 g/mol. The standard InChI is InChI=1S/C16H14ClN3O2/c17-12-2-5-14(6-3-12)22-8-7-16(21)19-13-4-1-11-10-18-20-15(11)9-13/h1-6,9-10H,7-8H2,(H,18,20)(H,19,21). The van der Waals surface area contributed by atoms with Crippen molar-refractivity contribution in [2.24, 2.45) is 0 Å². The number of carbonyl (C=O) groups excluding carboxylic acids is 1. The molecule has 2 N–H and O–H groups in total. The number of halogens is 1. The Kier molecular flexibility index (Phi) is 4.25. The molecule has 0 spiro atoms. The molecule has 0 radical (unpaired) electrons. The van der Waals surface area contributed by atoms with Gasteiger partial charge in [0.1, 0.15) is 5.75 Å². The van der Waals surface area contributed by atoms with E-state index < -0.39 is 0 Å². The first-order valence-electron chi connectivity index (χ1n) is 6.82. The topological polar surface area (TPSA) is 67.0 Å². The maximum Gasteiger partial charge on any atom is 0.227 e. The predicted molar refractivity (Wildman–Crippen MR) is 86.3 cm³/mol. The molecule has 0 aliphatic rings. The van der Waals surface area contributed by atoms with Crippen LogP contribution in [0.3, 0.4) is 0 Å². The van der Waals surface area contributed by atoms with Crippen LogP contribution in [-0.2, 0) is 4.79 Å². The Balaban J connectivity index is 1.50. The van der Waals surface area contributed by atoms with Crippen LogP contribution < -0.4 is 10.1 Å². The van der Waals surface area contributed by atoms with Crippen molar-refractivity contribution in [1.82, 2.24) is 10.2 Å². The number of ether oxygens (including phenoxy) is 1. The van der Waals surface area contributed by atoms with E-state index in [4.69, 9.17) is 16.3 Å². The molecule has 0 unspecified atom stereocenters. The number of hydrogen-bond donors (Lipinski definition) is 2. The minimum absolute atomic E-state index is 0.104. The van der Waals surface area contributed by atoms with E-state index in [-0.39, 0.29) is 12.3 Å². The van der Waals surface area contributed by atoms with Crippen molar-refractivity contribution in [3.8, 4) is 5.75 Å². The van der Waals surface area contributed by atoms with Gasteiger partial charge in [-0.15, -0.1) is 0 Å². The van der Waals surface area contributed by atoms with Gasteiger partial charge >= 0.3 is 0 Å². The van der Waals surface area contributed by atoms with Crippen LogP contribution >= 0.6 is 11.6 Å². The molecule has 6 heteroatoms. The van der Waals surface area contributed by atoms with Crippen LogP contribution in [0.5, 0.6) is 5.75 Å². The summed E-state index contributed by atoms with van der Waals surface area (Å²) in [6, 6.07) is 12.6. The summed E-state index contributed by atoms with van der Waals surface area (Å²) in [6.45, 7) is 0.305. The number of aromatic amines is 1. The largest absolute Gasteiger partial charge is 0.493 e. The van der Waals surface area contributed by atoms with E-state index in [1.54, 1.807) is 30.5 Å². The summed E-state index contributed by atoms with van der Waals surface area (Å²) in [5, 5.41) is 11.3. The van der Waals surface area contributed by atoms with Gasteiger partial charge in [0.05, 0.1) is 24.7 Å². The lowest BCUT2D eigenvalue weighted by Crippen LogP contribution is -2.15. The highest BCUT2D eigenvalue weighted by Crippen LogP contribution is 2.17. The summed E-state index contributed by atoms with van der Waals surface area (Å²) < 4.78 is 5.49. The number of rotatable bonds is 5. The zero-order valence-electron chi connectivity index (χ0n) is 11.7. The first-order chi connectivity index (χ1) is 10.7. The zero-order chi connectivity index (χ0) is 15.4. The number of amides is 1. The number of nitrogens with one attached hydrogen (secondary N) is 2. The Morgan fingerprint density at radius 2 is 2.05 bits per heavy atom. The van der Waals surface area contributed by atoms with Gasteiger partial charge in [-0.05, 0) is 42.5 Å². The van der Waals surface area contributed by atoms with Crippen LogP contribution in [0.1, 0.15) is 6.42 Å². The SMILES string of the molecule is O=C(CCOc1ccc(Cl)cc1)Nc1ccc2cn[nH]c2c1. The normalized spacial score (nSPS) is 10.6. The molecule has 3 rings (SSSR count). The van der Waals surface area contributed by atoms with Crippen molar-refractivity contribution in [2.75, 3.05) is 11.9 Å². The Morgan fingerprint density at radius 3 is 2.86 bits per heavy atom. The molecule has 22 heavy (non-hydrogen) atoms. The molecular weight excluding hydrogens is 302 g/mol. The minimum atomic E-state index is -0.104. The first kappa shape index (κ1) is 14.4. The second-order valence-electron chi connectivity index (χ2n) is 4.77. The molecule has 0 saturated heterocycles. The zero-order valence-corrected chi connectivity index (χ0v) is 12.4. The van der Waals surface area contributed by atoms with Gasteiger partial charge in [0, 0.05) is 16.1 Å². The van der Waals surface area contributed by atoms with Crippen molar-refractivity contribution < 1.29 is 9.53 Å². The van der Waals surface area contributed by atoms with Crippen molar-refractivity contribution in [2.45, 2.75) is 6.42 Å². The second-order valence-corrected chi connectivity index (χ2v) is 5.21. The number of H-pyrrole nitrogens is 1. The van der Waals surface area contributed by atoms with E-state index >= 15 is 0 Å². The summed E-state index contributed by atoms with van der Waals surface area (Å²) in [7, 11) is 0. The van der Waals surface area contributed by atoms with Crippen molar-refractivity contribution in [3.63, 3.8) is 0 Å². The van der Waals surface area contributed by atoms with Gasteiger partial charge in [-0.2, -0.15) is 5.10 Å². The third-order valence-corrected chi connectivity index (χ3v) is 3.39. The van der Waals surface area contributed by atoms with Crippen LogP contribution in [0.2, 0.25) is 5.02 Å². The van der Waals surface area contributed by atoms with E-state index in [2.05, 4.69) is 15.5 Å². The molecule has 0 saturated carbocycles. The average Bonchev–Trinajstić information content (AvgIpc) is 2.97. The van der Waals surface area contributed by atoms with Crippen molar-refractivity contribution >= 4 is 34.1 Å². The Morgan fingerprint density at radius 1 is 1.23 bits per heavy atom. The van der Waals surface area contributed by atoms with E-state index in [0.717, 1.165) is 16.6 Å². The molecule has 0 aliphatic carbocycles. The Bertz CT molecular complexity index is 783. The van der Waals surface area contributed by atoms with Crippen molar-refractivity contribution in [1.29, 1.82) is 0 Å². The van der Waals surface area contributed by atoms with Gasteiger partial charge in [0.2, 0.25) is 5.91 Å². The van der Waals surface area contributed by atoms with Gasteiger partial charge in [-0.25, -0.2) is 0 Å². The lowest BCUT2D eigenvalue weighted by molar-refractivity contribution is -0.116. The number of carbonyl (C=O) groups is 1. The molecule has 0 fully saturated rings. The highest BCUT2D eigenvalue weighted by atomic mass is 35.5. The molecule has 0 atom stereocenters. The Labute approximate surface area is 132 Å². The highest BCUT2D eigenvalue weighted by molar-refractivity contribution is 6.30. The van der Waals surface area contributed by atoms with Gasteiger partial charge in [0.15, 0.2) is 0 Å². The average molecular weight is 316 g/mol. The van der Waals surface area contributed by atoms with Gasteiger partial charge in [-0.3, -0.25) is 9.89 Å². The second kappa shape index (κ2) is 6.49. The summed E-state index contributed by atoms with van der Waals surface area (Å²) in [4.78, 5) is 11.9. The number of anilines is 1. The first-order valence-corrected chi connectivity index (χ1v) is 7.20. The number of nitrogens with zero attached hydrogens (tertiary/aromatic N) is 1. The molecule has 3 aromatic rings. The van der Waals surface area contributed by atoms with Gasteiger partial charge in [0.25, 0.3) is 0 Å². The summed E-state index contributed by atoms with van der Waals surface area (Å²) in [5.41, 5.74) is 1.61. The molecule has 0 bridgehead atoms. The number of hydrogen-bond acceptors (Lipinski definition) is 3.